The Morgan fingerprint density at radius 3 is 2.76 bits per heavy atom. The summed E-state index contributed by atoms with van der Waals surface area (Å²) in [6.45, 7) is 4.09. The van der Waals surface area contributed by atoms with Crippen LogP contribution in [0.2, 0.25) is 0 Å². The summed E-state index contributed by atoms with van der Waals surface area (Å²) in [6, 6.07) is 10.4. The molecule has 0 fully saturated rings. The van der Waals surface area contributed by atoms with Crippen molar-refractivity contribution in [2.24, 2.45) is 7.05 Å². The zero-order valence-electron chi connectivity index (χ0n) is 12.2. The van der Waals surface area contributed by atoms with E-state index in [1.807, 2.05) is 36.8 Å². The Labute approximate surface area is 127 Å². The second-order valence-electron chi connectivity index (χ2n) is 5.10. The van der Waals surface area contributed by atoms with E-state index >= 15 is 0 Å². The predicted molar refractivity (Wildman–Crippen MR) is 88.2 cm³/mol. The maximum absolute atomic E-state index is 9.06. The summed E-state index contributed by atoms with van der Waals surface area (Å²) in [5, 5.41) is 10.0. The number of thiazole rings is 1. The number of rotatable bonds is 2. The first kappa shape index (κ1) is 13.6. The van der Waals surface area contributed by atoms with E-state index in [0.717, 1.165) is 21.8 Å². The fourth-order valence-electron chi connectivity index (χ4n) is 2.29. The highest BCUT2D eigenvalue weighted by Crippen LogP contribution is 2.25. The third-order valence-electron chi connectivity index (χ3n) is 3.65. The van der Waals surface area contributed by atoms with Crippen molar-refractivity contribution in [2.45, 2.75) is 13.8 Å². The number of nitrogens with zero attached hydrogens (tertiary/aromatic N) is 3. The summed E-state index contributed by atoms with van der Waals surface area (Å²) in [5.41, 5.74) is 5.08. The standard InChI is InChI=1S/C17H15N3S/c1-11-4-6-16-15(8-11)19-17(21-16)7-5-13-9-14(10-18)20(3)12(13)2/h4-9H,1-3H3/b7-5+. The largest absolute Gasteiger partial charge is 0.339 e. The molecule has 21 heavy (non-hydrogen) atoms. The van der Waals surface area contributed by atoms with Gasteiger partial charge in [0.15, 0.2) is 0 Å². The van der Waals surface area contributed by atoms with Gasteiger partial charge in [0.25, 0.3) is 0 Å². The van der Waals surface area contributed by atoms with Crippen molar-refractivity contribution in [1.82, 2.24) is 9.55 Å². The molecule has 0 aliphatic heterocycles. The zero-order valence-corrected chi connectivity index (χ0v) is 13.0. The second-order valence-corrected chi connectivity index (χ2v) is 6.16. The van der Waals surface area contributed by atoms with E-state index in [9.17, 15) is 0 Å². The first-order valence-electron chi connectivity index (χ1n) is 6.70. The van der Waals surface area contributed by atoms with Crippen molar-refractivity contribution >= 4 is 33.7 Å². The maximum atomic E-state index is 9.06. The van der Waals surface area contributed by atoms with E-state index in [1.165, 1.54) is 10.3 Å². The molecular weight excluding hydrogens is 278 g/mol. The van der Waals surface area contributed by atoms with Crippen molar-refractivity contribution < 1.29 is 0 Å². The van der Waals surface area contributed by atoms with Crippen molar-refractivity contribution in [3.05, 3.63) is 51.8 Å². The Morgan fingerprint density at radius 1 is 1.24 bits per heavy atom. The summed E-state index contributed by atoms with van der Waals surface area (Å²) >= 11 is 1.68. The quantitative estimate of drug-likeness (QED) is 0.707. The molecule has 1 aromatic carbocycles. The molecule has 0 aliphatic rings. The van der Waals surface area contributed by atoms with Crippen LogP contribution >= 0.6 is 11.3 Å². The van der Waals surface area contributed by atoms with E-state index in [0.29, 0.717) is 5.69 Å². The van der Waals surface area contributed by atoms with Gasteiger partial charge in [-0.05, 0) is 49.2 Å². The van der Waals surface area contributed by atoms with Gasteiger partial charge in [-0.2, -0.15) is 5.26 Å². The number of fused-ring (bicyclic) bond motifs is 1. The lowest BCUT2D eigenvalue weighted by atomic mass is 10.2. The summed E-state index contributed by atoms with van der Waals surface area (Å²) < 4.78 is 3.10. The van der Waals surface area contributed by atoms with Crippen LogP contribution in [0.25, 0.3) is 22.4 Å². The van der Waals surface area contributed by atoms with Crippen LogP contribution in [0.4, 0.5) is 0 Å². The SMILES string of the molecule is Cc1ccc2sc(/C=C/c3cc(C#N)n(C)c3C)nc2c1. The van der Waals surface area contributed by atoms with Gasteiger partial charge >= 0.3 is 0 Å². The first-order chi connectivity index (χ1) is 10.1. The Morgan fingerprint density at radius 2 is 2.05 bits per heavy atom. The normalized spacial score (nSPS) is 11.3. The van der Waals surface area contributed by atoms with Crippen LogP contribution < -0.4 is 0 Å². The molecule has 3 rings (SSSR count). The number of aromatic nitrogens is 2. The molecule has 104 valence electrons. The number of hydrogen-bond donors (Lipinski definition) is 0. The van der Waals surface area contributed by atoms with Gasteiger partial charge in [-0.1, -0.05) is 12.1 Å². The van der Waals surface area contributed by atoms with Gasteiger partial charge in [0, 0.05) is 12.7 Å². The van der Waals surface area contributed by atoms with Crippen LogP contribution in [-0.4, -0.2) is 9.55 Å². The van der Waals surface area contributed by atoms with E-state index in [1.54, 1.807) is 11.3 Å². The lowest BCUT2D eigenvalue weighted by molar-refractivity contribution is 0.865. The number of nitriles is 1. The summed E-state index contributed by atoms with van der Waals surface area (Å²) in [4.78, 5) is 4.63. The smallest absolute Gasteiger partial charge is 0.120 e. The first-order valence-corrected chi connectivity index (χ1v) is 7.52. The van der Waals surface area contributed by atoms with Crippen LogP contribution in [-0.2, 0) is 7.05 Å². The van der Waals surface area contributed by atoms with Crippen molar-refractivity contribution in [2.75, 3.05) is 0 Å². The molecule has 0 bridgehead atoms. The molecule has 3 nitrogen and oxygen atoms in total. The van der Waals surface area contributed by atoms with Gasteiger partial charge in [0.05, 0.1) is 10.2 Å². The Kier molecular flexibility index (Phi) is 3.36. The van der Waals surface area contributed by atoms with Gasteiger partial charge in [0.2, 0.25) is 0 Å². The fraction of sp³-hybridized carbons (Fsp3) is 0.176. The Bertz CT molecular complexity index is 891. The van der Waals surface area contributed by atoms with E-state index in [4.69, 9.17) is 5.26 Å². The molecule has 2 aromatic heterocycles. The van der Waals surface area contributed by atoms with Gasteiger partial charge in [0.1, 0.15) is 16.8 Å². The van der Waals surface area contributed by atoms with E-state index in [-0.39, 0.29) is 0 Å². The molecule has 0 spiro atoms. The summed E-state index contributed by atoms with van der Waals surface area (Å²) in [6.07, 6.45) is 4.05. The highest BCUT2D eigenvalue weighted by molar-refractivity contribution is 7.19. The van der Waals surface area contributed by atoms with Gasteiger partial charge in [-0.25, -0.2) is 4.98 Å². The molecular formula is C17H15N3S. The van der Waals surface area contributed by atoms with Crippen LogP contribution in [0.3, 0.4) is 0 Å². The van der Waals surface area contributed by atoms with Gasteiger partial charge < -0.3 is 4.57 Å². The van der Waals surface area contributed by atoms with Crippen molar-refractivity contribution in [1.29, 1.82) is 5.26 Å². The highest BCUT2D eigenvalue weighted by Gasteiger charge is 2.06. The zero-order chi connectivity index (χ0) is 15.0. The molecule has 0 saturated heterocycles. The monoisotopic (exact) mass is 293 g/mol. The van der Waals surface area contributed by atoms with Crippen LogP contribution in [0.1, 0.15) is 27.5 Å². The fourth-order valence-corrected chi connectivity index (χ4v) is 3.14. The minimum atomic E-state index is 0.673. The molecule has 0 aliphatic carbocycles. The van der Waals surface area contributed by atoms with Crippen LogP contribution in [0.15, 0.2) is 24.3 Å². The van der Waals surface area contributed by atoms with E-state index < -0.39 is 0 Å². The third-order valence-corrected chi connectivity index (χ3v) is 4.66. The summed E-state index contributed by atoms with van der Waals surface area (Å²) in [5.74, 6) is 0. The maximum Gasteiger partial charge on any atom is 0.120 e. The number of aryl methyl sites for hydroxylation is 1. The molecule has 0 radical (unpaired) electrons. The predicted octanol–water partition coefficient (Wildman–Crippen LogP) is 4.29. The molecule has 0 saturated carbocycles. The molecule has 2 heterocycles. The minimum absolute atomic E-state index is 0.673. The van der Waals surface area contributed by atoms with Gasteiger partial charge in [-0.3, -0.25) is 0 Å². The lowest BCUT2D eigenvalue weighted by Crippen LogP contribution is -1.93. The molecule has 0 atom stereocenters. The summed E-state index contributed by atoms with van der Waals surface area (Å²) in [7, 11) is 1.91. The average molecular weight is 293 g/mol. The Hall–Kier alpha value is -2.38. The van der Waals surface area contributed by atoms with E-state index in [2.05, 4.69) is 36.2 Å². The lowest BCUT2D eigenvalue weighted by Gasteiger charge is -1.97. The Balaban J connectivity index is 1.96. The topological polar surface area (TPSA) is 41.6 Å². The van der Waals surface area contributed by atoms with Crippen LogP contribution in [0.5, 0.6) is 0 Å². The molecule has 0 amide bonds. The van der Waals surface area contributed by atoms with Crippen LogP contribution in [0, 0.1) is 25.2 Å². The highest BCUT2D eigenvalue weighted by atomic mass is 32.1. The van der Waals surface area contributed by atoms with Crippen molar-refractivity contribution in [3.63, 3.8) is 0 Å². The average Bonchev–Trinajstić information content (AvgIpc) is 2.99. The molecule has 4 heteroatoms. The molecule has 0 unspecified atom stereocenters. The minimum Gasteiger partial charge on any atom is -0.339 e. The molecule has 3 aromatic rings. The van der Waals surface area contributed by atoms with Crippen molar-refractivity contribution in [3.8, 4) is 6.07 Å². The number of hydrogen-bond acceptors (Lipinski definition) is 3. The second kappa shape index (κ2) is 5.19. The number of benzene rings is 1. The third kappa shape index (κ3) is 2.48. The molecule has 0 N–H and O–H groups in total. The van der Waals surface area contributed by atoms with Gasteiger partial charge in [-0.15, -0.1) is 11.3 Å².